The molecule has 288 valence electrons. The Morgan fingerprint density at radius 3 is 1.63 bits per heavy atom. The molecule has 0 radical (unpaired) electrons. The van der Waals surface area contributed by atoms with E-state index < -0.39 is 59.8 Å². The van der Waals surface area contributed by atoms with Crippen LogP contribution in [0, 0.1) is 10.8 Å². The summed E-state index contributed by atoms with van der Waals surface area (Å²) in [7, 11) is 0. The van der Waals surface area contributed by atoms with Crippen molar-refractivity contribution in [1.29, 1.82) is 10.8 Å². The molecule has 1 rings (SSSR count). The number of carboxylic acids is 1. The van der Waals surface area contributed by atoms with Crippen LogP contribution in [-0.4, -0.2) is 113 Å². The van der Waals surface area contributed by atoms with Crippen LogP contribution in [0.1, 0.15) is 69.9 Å². The highest BCUT2D eigenvalue weighted by Gasteiger charge is 2.32. The second-order valence-electron chi connectivity index (χ2n) is 12.0. The number of aromatic nitrogens is 2. The molecular weight excluding hydrogens is 666 g/mol. The van der Waals surface area contributed by atoms with E-state index in [9.17, 15) is 29.1 Å². The number of hydrogen-bond acceptors (Lipinski definition) is 11. The maximum Gasteiger partial charge on any atom is 0.326 e. The van der Waals surface area contributed by atoms with Crippen LogP contribution in [0.15, 0.2) is 12.5 Å². The second kappa shape index (κ2) is 25.0. The average molecular weight is 724 g/mol. The first-order chi connectivity index (χ1) is 24.3. The Kier molecular flexibility index (Phi) is 21.6. The van der Waals surface area contributed by atoms with E-state index in [-0.39, 0.29) is 50.6 Å². The van der Waals surface area contributed by atoms with Gasteiger partial charge in [-0.3, -0.25) is 30.0 Å². The minimum Gasteiger partial charge on any atom is -0.480 e. The summed E-state index contributed by atoms with van der Waals surface area (Å²) in [5.41, 5.74) is 28.3. The lowest BCUT2D eigenvalue weighted by atomic mass is 10.0. The van der Waals surface area contributed by atoms with Crippen LogP contribution in [0.2, 0.25) is 0 Å². The maximum atomic E-state index is 13.8. The van der Waals surface area contributed by atoms with Crippen LogP contribution in [0.5, 0.6) is 0 Å². The van der Waals surface area contributed by atoms with E-state index in [1.807, 2.05) is 0 Å². The fraction of sp³-hybridized carbons (Fsp3) is 0.667. The predicted molar refractivity (Wildman–Crippen MR) is 190 cm³/mol. The van der Waals surface area contributed by atoms with Crippen LogP contribution in [-0.2, 0) is 30.4 Å². The fourth-order valence-corrected chi connectivity index (χ4v) is 4.90. The van der Waals surface area contributed by atoms with Crippen molar-refractivity contribution in [3.05, 3.63) is 18.2 Å². The van der Waals surface area contributed by atoms with Gasteiger partial charge in [-0.2, -0.15) is 0 Å². The molecule has 0 saturated heterocycles. The number of hydrogen-bond donors (Lipinski definition) is 15. The molecule has 51 heavy (non-hydrogen) atoms. The Balaban J connectivity index is 3.21. The molecule has 0 aliphatic carbocycles. The Labute approximate surface area is 297 Å². The zero-order chi connectivity index (χ0) is 38.2. The lowest BCUT2D eigenvalue weighted by Gasteiger charge is -2.26. The SMILES string of the molecule is N=C(N)NCCC[C@H](NC(=O)[C@@H](N)CCCNC(=N)N)C(=O)N[C@@H](Cc1c[nH]cn1)C(=O)N[C@@H](CCCCN)C(=O)N[C@@H](CCCCN)C(=O)O. The standard InChI is InChI=1S/C30H57N15O6/c31-11-3-1-8-20(25(47)44-22(28(50)51)9-2-4-12-32)43-27(49)23(15-18-16-38-17-41-18)45-26(48)21(10-6-14-40-30(36)37)42-24(46)19(33)7-5-13-39-29(34)35/h16-17,19-23H,1-15,31-33H2,(H,38,41)(H,42,46)(H,43,49)(H,44,47)(H,45,48)(H,50,51)(H4,34,35,39)(H4,36,37,40)/t19-,20-,21-,22-,23-/m0/s1. The third-order valence-electron chi connectivity index (χ3n) is 7.70. The van der Waals surface area contributed by atoms with Gasteiger partial charge in [0, 0.05) is 25.7 Å². The zero-order valence-electron chi connectivity index (χ0n) is 29.0. The number of nitrogens with zero attached hydrogens (tertiary/aromatic N) is 1. The van der Waals surface area contributed by atoms with Crippen LogP contribution >= 0.6 is 0 Å². The minimum absolute atomic E-state index is 0.0814. The van der Waals surface area contributed by atoms with Crippen molar-refractivity contribution in [2.75, 3.05) is 26.2 Å². The molecule has 0 fully saturated rings. The second-order valence-corrected chi connectivity index (χ2v) is 12.0. The number of aliphatic carboxylic acids is 1. The molecule has 0 bridgehead atoms. The molecule has 0 aliphatic heterocycles. The largest absolute Gasteiger partial charge is 0.480 e. The van der Waals surface area contributed by atoms with E-state index in [1.165, 1.54) is 12.5 Å². The molecule has 0 spiro atoms. The van der Waals surface area contributed by atoms with Gasteiger partial charge in [-0.15, -0.1) is 0 Å². The van der Waals surface area contributed by atoms with Crippen molar-refractivity contribution in [2.24, 2.45) is 28.7 Å². The maximum absolute atomic E-state index is 13.8. The van der Waals surface area contributed by atoms with Crippen molar-refractivity contribution in [1.82, 2.24) is 41.9 Å². The summed E-state index contributed by atoms with van der Waals surface area (Å²) >= 11 is 0. The smallest absolute Gasteiger partial charge is 0.326 e. The number of H-pyrrole nitrogens is 1. The van der Waals surface area contributed by atoms with E-state index in [0.29, 0.717) is 63.9 Å². The van der Waals surface area contributed by atoms with Crippen molar-refractivity contribution in [2.45, 2.75) is 101 Å². The molecule has 0 aliphatic rings. The normalized spacial score (nSPS) is 13.8. The van der Waals surface area contributed by atoms with Gasteiger partial charge in [0.2, 0.25) is 23.6 Å². The Morgan fingerprint density at radius 2 is 1.14 bits per heavy atom. The first-order valence-electron chi connectivity index (χ1n) is 17.0. The van der Waals surface area contributed by atoms with Gasteiger partial charge in [-0.1, -0.05) is 0 Å². The fourth-order valence-electron chi connectivity index (χ4n) is 4.90. The highest BCUT2D eigenvalue weighted by atomic mass is 16.4. The molecule has 5 atom stereocenters. The summed E-state index contributed by atoms with van der Waals surface area (Å²) in [4.78, 5) is 72.6. The third kappa shape index (κ3) is 19.1. The Morgan fingerprint density at radius 1 is 0.686 bits per heavy atom. The van der Waals surface area contributed by atoms with Gasteiger partial charge in [0.25, 0.3) is 0 Å². The molecule has 1 aromatic heterocycles. The summed E-state index contributed by atoms with van der Waals surface area (Å²) < 4.78 is 0. The Hall–Kier alpha value is -5.02. The summed E-state index contributed by atoms with van der Waals surface area (Å²) in [5, 5.41) is 40.0. The highest BCUT2D eigenvalue weighted by Crippen LogP contribution is 2.08. The summed E-state index contributed by atoms with van der Waals surface area (Å²) in [6.45, 7) is 1.24. The number of nitrogens with one attached hydrogen (secondary N) is 9. The monoisotopic (exact) mass is 723 g/mol. The van der Waals surface area contributed by atoms with Crippen molar-refractivity contribution >= 4 is 41.5 Å². The summed E-state index contributed by atoms with van der Waals surface area (Å²) in [5.74, 6) is -4.51. The number of carbonyl (C=O) groups excluding carboxylic acids is 4. The number of rotatable bonds is 27. The van der Waals surface area contributed by atoms with Gasteiger partial charge < -0.3 is 70.7 Å². The van der Waals surface area contributed by atoms with Crippen molar-refractivity contribution in [3.8, 4) is 0 Å². The van der Waals surface area contributed by atoms with Gasteiger partial charge in [0.1, 0.15) is 24.2 Å². The van der Waals surface area contributed by atoms with Gasteiger partial charge in [0.15, 0.2) is 11.9 Å². The number of amides is 4. The first-order valence-corrected chi connectivity index (χ1v) is 17.0. The molecule has 0 aromatic carbocycles. The molecule has 0 unspecified atom stereocenters. The highest BCUT2D eigenvalue weighted by molar-refractivity contribution is 5.95. The average Bonchev–Trinajstić information content (AvgIpc) is 3.59. The van der Waals surface area contributed by atoms with Crippen molar-refractivity contribution < 1.29 is 29.1 Å². The van der Waals surface area contributed by atoms with E-state index in [1.54, 1.807) is 0 Å². The first kappa shape index (κ1) is 44.0. The molecular formula is C30H57N15O6. The molecule has 0 saturated carbocycles. The number of guanidine groups is 2. The van der Waals surface area contributed by atoms with Crippen LogP contribution in [0.25, 0.3) is 0 Å². The van der Waals surface area contributed by atoms with E-state index in [0.717, 1.165) is 0 Å². The number of carboxylic acid groups (broad SMARTS) is 1. The Bertz CT molecular complexity index is 1250. The lowest BCUT2D eigenvalue weighted by molar-refractivity contribution is -0.142. The molecule has 1 heterocycles. The summed E-state index contributed by atoms with van der Waals surface area (Å²) in [6.07, 6.45) is 6.18. The van der Waals surface area contributed by atoms with Gasteiger partial charge in [-0.25, -0.2) is 9.78 Å². The van der Waals surface area contributed by atoms with Gasteiger partial charge in [-0.05, 0) is 77.3 Å². The zero-order valence-corrected chi connectivity index (χ0v) is 29.0. The summed E-state index contributed by atoms with van der Waals surface area (Å²) in [6, 6.07) is -5.77. The van der Waals surface area contributed by atoms with Crippen molar-refractivity contribution in [3.63, 3.8) is 0 Å². The number of unbranched alkanes of at least 4 members (excludes halogenated alkanes) is 2. The number of carbonyl (C=O) groups is 5. The number of aromatic amines is 1. The molecule has 4 amide bonds. The molecule has 20 N–H and O–H groups in total. The lowest BCUT2D eigenvalue weighted by Crippen LogP contribution is -2.59. The topological polar surface area (TPSA) is 384 Å². The van der Waals surface area contributed by atoms with E-state index >= 15 is 0 Å². The van der Waals surface area contributed by atoms with Crippen LogP contribution < -0.4 is 60.6 Å². The van der Waals surface area contributed by atoms with Gasteiger partial charge in [0.05, 0.1) is 18.1 Å². The third-order valence-corrected chi connectivity index (χ3v) is 7.70. The quantitative estimate of drug-likeness (QED) is 0.0234. The van der Waals surface area contributed by atoms with E-state index in [2.05, 4.69) is 41.9 Å². The van der Waals surface area contributed by atoms with E-state index in [4.69, 9.17) is 39.5 Å². The van der Waals surface area contributed by atoms with Crippen LogP contribution in [0.4, 0.5) is 0 Å². The number of nitrogens with two attached hydrogens (primary N) is 5. The molecule has 21 heteroatoms. The predicted octanol–water partition coefficient (Wildman–Crippen LogP) is -3.91. The molecule has 1 aromatic rings. The van der Waals surface area contributed by atoms with Gasteiger partial charge >= 0.3 is 5.97 Å². The van der Waals surface area contributed by atoms with Crippen LogP contribution in [0.3, 0.4) is 0 Å². The minimum atomic E-state index is -1.27. The molecule has 21 nitrogen and oxygen atoms in total. The number of imidazole rings is 1.